The Morgan fingerprint density at radius 2 is 2.05 bits per heavy atom. The van der Waals surface area contributed by atoms with E-state index in [1.807, 2.05) is 0 Å². The molecule has 1 aromatic rings. The number of anilines is 1. The number of carbonyl (C=O) groups excluding carboxylic acids is 1. The van der Waals surface area contributed by atoms with Crippen molar-refractivity contribution in [1.29, 1.82) is 0 Å². The Hall–Kier alpha value is -1.76. The summed E-state index contributed by atoms with van der Waals surface area (Å²) in [4.78, 5) is 13.0. The summed E-state index contributed by atoms with van der Waals surface area (Å²) in [5, 5.41) is 2.63. The van der Waals surface area contributed by atoms with Crippen LogP contribution in [0, 0.1) is 0 Å². The molecule has 4 nitrogen and oxygen atoms in total. The molecule has 0 aliphatic heterocycles. The van der Waals surface area contributed by atoms with Crippen LogP contribution in [-0.2, 0) is 17.5 Å². The van der Waals surface area contributed by atoms with Crippen molar-refractivity contribution in [3.05, 3.63) is 29.3 Å². The zero-order chi connectivity index (χ0) is 15.3. The van der Waals surface area contributed by atoms with Gasteiger partial charge in [-0.05, 0) is 30.7 Å². The normalized spacial score (nSPS) is 11.3. The third-order valence-electron chi connectivity index (χ3n) is 2.81. The van der Waals surface area contributed by atoms with Gasteiger partial charge in [0.1, 0.15) is 0 Å². The minimum Gasteiger partial charge on any atom is -0.365 e. The molecule has 0 unspecified atom stereocenters. The van der Waals surface area contributed by atoms with Gasteiger partial charge in [-0.15, -0.1) is 0 Å². The zero-order valence-corrected chi connectivity index (χ0v) is 11.4. The van der Waals surface area contributed by atoms with Gasteiger partial charge in [0, 0.05) is 25.8 Å². The maximum Gasteiger partial charge on any atom is 0.416 e. The van der Waals surface area contributed by atoms with Gasteiger partial charge in [0.15, 0.2) is 0 Å². The molecule has 0 aliphatic rings. The van der Waals surface area contributed by atoms with E-state index >= 15 is 0 Å². The van der Waals surface area contributed by atoms with E-state index in [2.05, 4.69) is 5.32 Å². The van der Waals surface area contributed by atoms with Gasteiger partial charge in [0.25, 0.3) is 0 Å². The summed E-state index contributed by atoms with van der Waals surface area (Å²) >= 11 is 0. The number of benzene rings is 1. The number of hydrogen-bond donors (Lipinski definition) is 2. The van der Waals surface area contributed by atoms with E-state index in [-0.39, 0.29) is 24.6 Å². The molecule has 1 aromatic carbocycles. The van der Waals surface area contributed by atoms with Crippen LogP contribution >= 0.6 is 0 Å². The summed E-state index contributed by atoms with van der Waals surface area (Å²) in [6.45, 7) is 2.16. The number of hydrogen-bond acceptors (Lipinski definition) is 3. The molecule has 1 amide bonds. The predicted octanol–water partition coefficient (Wildman–Crippen LogP) is 1.74. The first kappa shape index (κ1) is 16.3. The quantitative estimate of drug-likeness (QED) is 0.868. The van der Waals surface area contributed by atoms with Gasteiger partial charge in [-0.2, -0.15) is 13.2 Å². The summed E-state index contributed by atoms with van der Waals surface area (Å²) in [5.41, 5.74) is 5.16. The molecule has 0 heterocycles. The second kappa shape index (κ2) is 6.60. The largest absolute Gasteiger partial charge is 0.416 e. The molecule has 0 fully saturated rings. The zero-order valence-electron chi connectivity index (χ0n) is 11.4. The smallest absolute Gasteiger partial charge is 0.365 e. The Labute approximate surface area is 115 Å². The molecule has 0 aromatic heterocycles. The first-order valence-corrected chi connectivity index (χ1v) is 6.17. The van der Waals surface area contributed by atoms with E-state index in [0.717, 1.165) is 6.07 Å². The van der Waals surface area contributed by atoms with Crippen LogP contribution in [-0.4, -0.2) is 26.0 Å². The van der Waals surface area contributed by atoms with Crippen molar-refractivity contribution in [3.63, 3.8) is 0 Å². The number of nitrogens with one attached hydrogen (secondary N) is 1. The van der Waals surface area contributed by atoms with Gasteiger partial charge in [-0.25, -0.2) is 0 Å². The fraction of sp³-hybridized carbons (Fsp3) is 0.462. The van der Waals surface area contributed by atoms with Gasteiger partial charge in [0.05, 0.1) is 12.1 Å². The summed E-state index contributed by atoms with van der Waals surface area (Å²) in [5.74, 6) is -0.191. The lowest BCUT2D eigenvalue weighted by Gasteiger charge is -2.21. The van der Waals surface area contributed by atoms with E-state index in [1.165, 1.54) is 12.1 Å². The molecular weight excluding hydrogens is 271 g/mol. The third kappa shape index (κ3) is 4.12. The van der Waals surface area contributed by atoms with Crippen molar-refractivity contribution in [3.8, 4) is 0 Å². The molecule has 20 heavy (non-hydrogen) atoms. The van der Waals surface area contributed by atoms with E-state index < -0.39 is 11.7 Å². The van der Waals surface area contributed by atoms with E-state index in [9.17, 15) is 18.0 Å². The number of nitrogens with two attached hydrogens (primary N) is 1. The average Bonchev–Trinajstić information content (AvgIpc) is 2.37. The summed E-state index contributed by atoms with van der Waals surface area (Å²) in [7, 11) is 1.64. The fourth-order valence-corrected chi connectivity index (χ4v) is 1.82. The van der Waals surface area contributed by atoms with Gasteiger partial charge >= 0.3 is 6.18 Å². The van der Waals surface area contributed by atoms with Crippen LogP contribution in [0.4, 0.5) is 18.9 Å². The Bertz CT molecular complexity index is 474. The first-order chi connectivity index (χ1) is 9.29. The molecule has 0 saturated carbocycles. The SMILES string of the molecule is CCNC(=O)CN(C)c1ccc(C(F)(F)F)c(CN)c1. The second-order valence-electron chi connectivity index (χ2n) is 4.35. The molecule has 0 aliphatic carbocycles. The van der Waals surface area contributed by atoms with Crippen LogP contribution < -0.4 is 16.0 Å². The number of rotatable bonds is 5. The summed E-state index contributed by atoms with van der Waals surface area (Å²) in [6.07, 6.45) is -4.43. The van der Waals surface area contributed by atoms with E-state index in [4.69, 9.17) is 5.73 Å². The Morgan fingerprint density at radius 3 is 2.55 bits per heavy atom. The number of nitrogens with zero attached hydrogens (tertiary/aromatic N) is 1. The minimum absolute atomic E-state index is 0.0118. The van der Waals surface area contributed by atoms with Crippen molar-refractivity contribution in [1.82, 2.24) is 5.32 Å². The van der Waals surface area contributed by atoms with E-state index in [1.54, 1.807) is 18.9 Å². The van der Waals surface area contributed by atoms with E-state index in [0.29, 0.717) is 12.2 Å². The van der Waals surface area contributed by atoms with Crippen molar-refractivity contribution in [2.24, 2.45) is 5.73 Å². The Balaban J connectivity index is 2.95. The van der Waals surface area contributed by atoms with Crippen molar-refractivity contribution in [2.45, 2.75) is 19.6 Å². The van der Waals surface area contributed by atoms with Crippen molar-refractivity contribution in [2.75, 3.05) is 25.0 Å². The molecule has 7 heteroatoms. The number of amides is 1. The second-order valence-corrected chi connectivity index (χ2v) is 4.35. The molecule has 0 spiro atoms. The number of likely N-dealkylation sites (N-methyl/N-ethyl adjacent to an activating group) is 2. The lowest BCUT2D eigenvalue weighted by Crippen LogP contribution is -2.35. The van der Waals surface area contributed by atoms with Gasteiger partial charge in [-0.1, -0.05) is 0 Å². The highest BCUT2D eigenvalue weighted by molar-refractivity contribution is 5.81. The van der Waals surface area contributed by atoms with Gasteiger partial charge in [-0.3, -0.25) is 4.79 Å². The van der Waals surface area contributed by atoms with Gasteiger partial charge < -0.3 is 16.0 Å². The monoisotopic (exact) mass is 289 g/mol. The Morgan fingerprint density at radius 1 is 1.40 bits per heavy atom. The van der Waals surface area contributed by atoms with Gasteiger partial charge in [0.2, 0.25) is 5.91 Å². The van der Waals surface area contributed by atoms with Crippen molar-refractivity contribution < 1.29 is 18.0 Å². The summed E-state index contributed by atoms with van der Waals surface area (Å²) in [6, 6.07) is 3.69. The van der Waals surface area contributed by atoms with Crippen LogP contribution in [0.1, 0.15) is 18.1 Å². The van der Waals surface area contributed by atoms with Crippen LogP contribution in [0.2, 0.25) is 0 Å². The summed E-state index contributed by atoms with van der Waals surface area (Å²) < 4.78 is 38.2. The molecule has 0 radical (unpaired) electrons. The highest BCUT2D eigenvalue weighted by atomic mass is 19.4. The van der Waals surface area contributed by atoms with Crippen LogP contribution in [0.15, 0.2) is 18.2 Å². The maximum atomic E-state index is 12.7. The maximum absolute atomic E-state index is 12.7. The number of carbonyl (C=O) groups is 1. The minimum atomic E-state index is -4.43. The molecule has 112 valence electrons. The molecular formula is C13H18F3N3O. The topological polar surface area (TPSA) is 58.4 Å². The standard InChI is InChI=1S/C13H18F3N3O/c1-3-18-12(20)8-19(2)10-4-5-11(13(14,15)16)9(6-10)7-17/h4-6H,3,7-8,17H2,1-2H3,(H,18,20). The molecule has 1 rings (SSSR count). The number of halogens is 3. The highest BCUT2D eigenvalue weighted by Gasteiger charge is 2.33. The molecule has 0 atom stereocenters. The lowest BCUT2D eigenvalue weighted by atomic mass is 10.1. The third-order valence-corrected chi connectivity index (χ3v) is 2.81. The molecule has 0 bridgehead atoms. The molecule has 3 N–H and O–H groups in total. The first-order valence-electron chi connectivity index (χ1n) is 6.17. The lowest BCUT2D eigenvalue weighted by molar-refractivity contribution is -0.138. The Kier molecular flexibility index (Phi) is 5.38. The van der Waals surface area contributed by atoms with Crippen LogP contribution in [0.5, 0.6) is 0 Å². The molecule has 0 saturated heterocycles. The highest BCUT2D eigenvalue weighted by Crippen LogP contribution is 2.33. The van der Waals surface area contributed by atoms with Crippen molar-refractivity contribution >= 4 is 11.6 Å². The predicted molar refractivity (Wildman–Crippen MR) is 71.3 cm³/mol. The van der Waals surface area contributed by atoms with Crippen LogP contribution in [0.3, 0.4) is 0 Å². The van der Waals surface area contributed by atoms with Crippen LogP contribution in [0.25, 0.3) is 0 Å². The number of alkyl halides is 3. The average molecular weight is 289 g/mol. The fourth-order valence-electron chi connectivity index (χ4n) is 1.82.